The van der Waals surface area contributed by atoms with Crippen LogP contribution in [0.2, 0.25) is 0 Å². The lowest BCUT2D eigenvalue weighted by Crippen LogP contribution is -2.54. The van der Waals surface area contributed by atoms with Gasteiger partial charge in [-0.15, -0.1) is 5.12 Å². The van der Waals surface area contributed by atoms with Crippen molar-refractivity contribution in [1.82, 2.24) is 15.7 Å². The van der Waals surface area contributed by atoms with Gasteiger partial charge in [0.1, 0.15) is 6.34 Å². The molecule has 26 heavy (non-hydrogen) atoms. The van der Waals surface area contributed by atoms with Crippen molar-refractivity contribution >= 4 is 6.34 Å². The molecule has 0 aliphatic carbocycles. The van der Waals surface area contributed by atoms with Crippen LogP contribution in [0, 0.1) is 0 Å². The summed E-state index contributed by atoms with van der Waals surface area (Å²) in [4.78, 5) is 0. The van der Waals surface area contributed by atoms with Gasteiger partial charge in [-0.1, -0.05) is 104 Å². The Morgan fingerprint density at radius 3 is 1.58 bits per heavy atom. The summed E-state index contributed by atoms with van der Waals surface area (Å²) in [6.07, 6.45) is 24.0. The smallest absolute Gasteiger partial charge is 0.129 e. The quantitative estimate of drug-likeness (QED) is 0.293. The van der Waals surface area contributed by atoms with E-state index in [-0.39, 0.29) is 5.54 Å². The van der Waals surface area contributed by atoms with Crippen LogP contribution in [-0.4, -0.2) is 29.1 Å². The van der Waals surface area contributed by atoms with Crippen molar-refractivity contribution in [2.75, 3.05) is 7.05 Å². The monoisotopic (exact) mass is 366 g/mol. The van der Waals surface area contributed by atoms with Crippen molar-refractivity contribution in [2.24, 2.45) is 5.10 Å². The lowest BCUT2D eigenvalue weighted by Gasteiger charge is -2.43. The van der Waals surface area contributed by atoms with Gasteiger partial charge in [0.25, 0.3) is 0 Å². The Kier molecular flexibility index (Phi) is 12.8. The Labute approximate surface area is 163 Å². The second kappa shape index (κ2) is 14.3. The van der Waals surface area contributed by atoms with E-state index in [1.807, 2.05) is 11.5 Å². The molecular formula is C22H46N4. The average molecular weight is 367 g/mol. The van der Waals surface area contributed by atoms with Crippen LogP contribution >= 0.6 is 0 Å². The van der Waals surface area contributed by atoms with Crippen molar-refractivity contribution in [2.45, 2.75) is 129 Å². The highest BCUT2D eigenvalue weighted by atomic mass is 15.9. The molecule has 0 saturated carbocycles. The molecule has 0 amide bonds. The number of rotatable bonds is 17. The summed E-state index contributed by atoms with van der Waals surface area (Å²) in [6, 6.07) is 0. The maximum atomic E-state index is 4.20. The van der Waals surface area contributed by atoms with Gasteiger partial charge < -0.3 is 0 Å². The van der Waals surface area contributed by atoms with Crippen molar-refractivity contribution in [3.05, 3.63) is 0 Å². The van der Waals surface area contributed by atoms with Crippen molar-refractivity contribution in [3.63, 3.8) is 0 Å². The highest BCUT2D eigenvalue weighted by molar-refractivity contribution is 5.56. The summed E-state index contributed by atoms with van der Waals surface area (Å²) in [5.74, 6) is 0. The Morgan fingerprint density at radius 2 is 1.19 bits per heavy atom. The van der Waals surface area contributed by atoms with Gasteiger partial charge in [0.05, 0.1) is 5.54 Å². The molecule has 1 N–H and O–H groups in total. The van der Waals surface area contributed by atoms with Gasteiger partial charge in [-0.05, 0) is 19.3 Å². The Morgan fingerprint density at radius 1 is 0.731 bits per heavy atom. The predicted molar refractivity (Wildman–Crippen MR) is 115 cm³/mol. The zero-order chi connectivity index (χ0) is 19.1. The number of nitrogens with zero attached hydrogens (tertiary/aromatic N) is 3. The van der Waals surface area contributed by atoms with Gasteiger partial charge in [-0.25, -0.2) is 5.53 Å². The van der Waals surface area contributed by atoms with E-state index in [1.54, 1.807) is 0 Å². The van der Waals surface area contributed by atoms with E-state index < -0.39 is 0 Å². The van der Waals surface area contributed by atoms with Crippen LogP contribution in [0.3, 0.4) is 0 Å². The average Bonchev–Trinajstić information content (AvgIpc) is 3.09. The van der Waals surface area contributed by atoms with Gasteiger partial charge in [-0.2, -0.15) is 5.10 Å². The van der Waals surface area contributed by atoms with Crippen molar-refractivity contribution in [1.29, 1.82) is 0 Å². The molecule has 0 aromatic carbocycles. The maximum absolute atomic E-state index is 4.20. The van der Waals surface area contributed by atoms with Crippen LogP contribution < -0.4 is 5.53 Å². The summed E-state index contributed by atoms with van der Waals surface area (Å²) < 4.78 is 0. The number of unbranched alkanes of at least 4 members (excludes halogenated alkanes) is 12. The van der Waals surface area contributed by atoms with Crippen molar-refractivity contribution in [3.8, 4) is 0 Å². The number of hydrogen-bond acceptors (Lipinski definition) is 4. The molecule has 4 nitrogen and oxygen atoms in total. The summed E-state index contributed by atoms with van der Waals surface area (Å²) >= 11 is 0. The van der Waals surface area contributed by atoms with Gasteiger partial charge in [0.15, 0.2) is 0 Å². The fraction of sp³-hybridized carbons (Fsp3) is 0.955. The SMILES string of the molecule is CCCCCCCCCCCCCCCC(CC)(CC)N1C=NNN1C. The Hall–Kier alpha value is -0.770. The minimum Gasteiger partial charge on any atom is -0.269 e. The molecule has 0 bridgehead atoms. The third kappa shape index (κ3) is 8.28. The highest BCUT2D eigenvalue weighted by Crippen LogP contribution is 2.31. The topological polar surface area (TPSA) is 30.9 Å². The van der Waals surface area contributed by atoms with E-state index in [9.17, 15) is 0 Å². The highest BCUT2D eigenvalue weighted by Gasteiger charge is 2.35. The number of hydrazine groups is 2. The first-order valence-electron chi connectivity index (χ1n) is 11.5. The standard InChI is InChI=1S/C22H46N4/c1-5-8-9-10-11-12-13-14-15-16-17-18-19-20-22(6-2,7-3)26-21-23-24-25(26)4/h21,24H,5-20H2,1-4H3. The van der Waals surface area contributed by atoms with Crippen LogP contribution in [0.4, 0.5) is 0 Å². The summed E-state index contributed by atoms with van der Waals surface area (Å²) in [7, 11) is 2.05. The van der Waals surface area contributed by atoms with Crippen LogP contribution in [-0.2, 0) is 0 Å². The van der Waals surface area contributed by atoms with Crippen LogP contribution in [0.25, 0.3) is 0 Å². The summed E-state index contributed by atoms with van der Waals surface area (Å²) in [5, 5.41) is 8.52. The Bertz CT molecular complexity index is 352. The number of nitrogens with one attached hydrogen (secondary N) is 1. The Balaban J connectivity index is 2.02. The van der Waals surface area contributed by atoms with E-state index in [4.69, 9.17) is 0 Å². The van der Waals surface area contributed by atoms with Crippen LogP contribution in [0.5, 0.6) is 0 Å². The van der Waals surface area contributed by atoms with E-state index in [0.717, 1.165) is 0 Å². The molecule has 4 heteroatoms. The third-order valence-electron chi connectivity index (χ3n) is 6.24. The van der Waals surface area contributed by atoms with E-state index in [0.29, 0.717) is 0 Å². The lowest BCUT2D eigenvalue weighted by molar-refractivity contribution is -0.0502. The summed E-state index contributed by atoms with van der Waals surface area (Å²) in [6.45, 7) is 6.91. The fourth-order valence-electron chi connectivity index (χ4n) is 4.24. The molecular weight excluding hydrogens is 320 g/mol. The third-order valence-corrected chi connectivity index (χ3v) is 6.24. The fourth-order valence-corrected chi connectivity index (χ4v) is 4.24. The van der Waals surface area contributed by atoms with Crippen molar-refractivity contribution < 1.29 is 0 Å². The minimum absolute atomic E-state index is 0.222. The largest absolute Gasteiger partial charge is 0.269 e. The first-order chi connectivity index (χ1) is 12.7. The van der Waals surface area contributed by atoms with Gasteiger partial charge in [0.2, 0.25) is 0 Å². The van der Waals surface area contributed by atoms with E-state index in [1.165, 1.54) is 103 Å². The zero-order valence-electron chi connectivity index (χ0n) is 18.2. The number of hydrazone groups is 1. The first kappa shape index (κ1) is 23.3. The van der Waals surface area contributed by atoms with Crippen LogP contribution in [0.15, 0.2) is 5.10 Å². The molecule has 1 aliphatic heterocycles. The van der Waals surface area contributed by atoms with Gasteiger partial charge >= 0.3 is 0 Å². The molecule has 1 aliphatic rings. The van der Waals surface area contributed by atoms with Gasteiger partial charge in [0, 0.05) is 7.05 Å². The molecule has 0 fully saturated rings. The maximum Gasteiger partial charge on any atom is 0.129 e. The van der Waals surface area contributed by atoms with E-state index >= 15 is 0 Å². The molecule has 0 unspecified atom stereocenters. The molecule has 0 atom stereocenters. The molecule has 0 aromatic rings. The molecule has 1 rings (SSSR count). The predicted octanol–water partition coefficient (Wildman–Crippen LogP) is 6.64. The zero-order valence-corrected chi connectivity index (χ0v) is 18.2. The minimum atomic E-state index is 0.222. The molecule has 0 aromatic heterocycles. The van der Waals surface area contributed by atoms with E-state index in [2.05, 4.69) is 43.5 Å². The first-order valence-corrected chi connectivity index (χ1v) is 11.5. The lowest BCUT2D eigenvalue weighted by atomic mass is 9.86. The summed E-state index contributed by atoms with van der Waals surface area (Å²) in [5.41, 5.74) is 3.24. The van der Waals surface area contributed by atoms with Gasteiger partial charge in [-0.3, -0.25) is 5.01 Å². The van der Waals surface area contributed by atoms with Crippen LogP contribution in [0.1, 0.15) is 124 Å². The molecule has 0 spiro atoms. The second-order valence-electron chi connectivity index (χ2n) is 8.14. The second-order valence-corrected chi connectivity index (χ2v) is 8.14. The molecule has 0 saturated heterocycles. The number of hydrogen-bond donors (Lipinski definition) is 1. The molecule has 154 valence electrons. The molecule has 0 radical (unpaired) electrons. The normalized spacial score (nSPS) is 15.0. The molecule has 1 heterocycles.